The van der Waals surface area contributed by atoms with Crippen LogP contribution in [0.25, 0.3) is 0 Å². The summed E-state index contributed by atoms with van der Waals surface area (Å²) in [6.07, 6.45) is -0.0984. The van der Waals surface area contributed by atoms with E-state index in [2.05, 4.69) is 21.3 Å². The number of hydrogen-bond donors (Lipinski definition) is 4. The average molecular weight is 491 g/mol. The van der Waals surface area contributed by atoms with E-state index in [-0.39, 0.29) is 30.5 Å². The zero-order chi connectivity index (χ0) is 25.0. The van der Waals surface area contributed by atoms with Crippen molar-refractivity contribution in [2.45, 2.75) is 19.8 Å². The number of carbonyl (C=O) groups excluding carboxylic acids is 3. The van der Waals surface area contributed by atoms with Crippen molar-refractivity contribution in [3.05, 3.63) is 84.4 Å². The Bertz CT molecular complexity index is 1180. The molecule has 0 saturated carbocycles. The number of anilines is 4. The second kappa shape index (κ2) is 12.9. The Morgan fingerprint density at radius 2 is 1.40 bits per heavy atom. The molecule has 3 rings (SSSR count). The van der Waals surface area contributed by atoms with Crippen LogP contribution in [0.4, 0.5) is 22.7 Å². The molecule has 0 heterocycles. The number of thiocarbonyl (C=S) groups is 1. The molecule has 0 spiro atoms. The van der Waals surface area contributed by atoms with Crippen molar-refractivity contribution in [1.82, 2.24) is 5.32 Å². The van der Waals surface area contributed by atoms with E-state index in [9.17, 15) is 14.4 Å². The second-order valence-electron chi connectivity index (χ2n) is 7.38. The van der Waals surface area contributed by atoms with Crippen molar-refractivity contribution in [1.29, 1.82) is 0 Å². The van der Waals surface area contributed by atoms with Gasteiger partial charge in [-0.2, -0.15) is 0 Å². The van der Waals surface area contributed by atoms with Crippen LogP contribution in [0.15, 0.2) is 78.9 Å². The van der Waals surface area contributed by atoms with Crippen LogP contribution in [0.1, 0.15) is 30.1 Å². The largest absolute Gasteiger partial charge is 0.466 e. The Kier molecular flexibility index (Phi) is 9.32. The number of esters is 1. The number of amides is 2. The van der Waals surface area contributed by atoms with Gasteiger partial charge in [-0.05, 0) is 67.7 Å². The molecule has 0 atom stereocenters. The fourth-order valence-electron chi connectivity index (χ4n) is 3.11. The third kappa shape index (κ3) is 8.24. The van der Waals surface area contributed by atoms with Gasteiger partial charge in [0.05, 0.1) is 24.3 Å². The highest BCUT2D eigenvalue weighted by Crippen LogP contribution is 2.21. The SMILES string of the molecule is CCOC(=O)CCC(=O)NC(=S)Nc1ccccc1C(=O)Nc1ccc(Nc2ccccc2)cc1. The summed E-state index contributed by atoms with van der Waals surface area (Å²) in [4.78, 5) is 36.3. The van der Waals surface area contributed by atoms with E-state index < -0.39 is 11.9 Å². The number of hydrogen-bond acceptors (Lipinski definition) is 6. The summed E-state index contributed by atoms with van der Waals surface area (Å²) < 4.78 is 4.80. The van der Waals surface area contributed by atoms with Crippen molar-refractivity contribution in [3.63, 3.8) is 0 Å². The van der Waals surface area contributed by atoms with E-state index in [1.807, 2.05) is 42.5 Å². The molecule has 2 amide bonds. The van der Waals surface area contributed by atoms with Gasteiger partial charge in [-0.15, -0.1) is 0 Å². The zero-order valence-electron chi connectivity index (χ0n) is 19.2. The van der Waals surface area contributed by atoms with Crippen LogP contribution in [0.3, 0.4) is 0 Å². The lowest BCUT2D eigenvalue weighted by Gasteiger charge is -2.14. The number of nitrogens with one attached hydrogen (secondary N) is 4. The first-order valence-electron chi connectivity index (χ1n) is 11.0. The molecule has 8 nitrogen and oxygen atoms in total. The molecule has 3 aromatic carbocycles. The smallest absolute Gasteiger partial charge is 0.306 e. The molecule has 0 radical (unpaired) electrons. The molecule has 0 aliphatic carbocycles. The first kappa shape index (κ1) is 25.4. The van der Waals surface area contributed by atoms with Crippen molar-refractivity contribution >= 4 is 57.9 Å². The lowest BCUT2D eigenvalue weighted by Crippen LogP contribution is -2.34. The minimum Gasteiger partial charge on any atom is -0.466 e. The van der Waals surface area contributed by atoms with E-state index >= 15 is 0 Å². The van der Waals surface area contributed by atoms with Gasteiger partial charge in [0.25, 0.3) is 5.91 Å². The van der Waals surface area contributed by atoms with Crippen molar-refractivity contribution in [2.75, 3.05) is 22.6 Å². The number of benzene rings is 3. The van der Waals surface area contributed by atoms with Crippen LogP contribution in [-0.4, -0.2) is 29.5 Å². The van der Waals surface area contributed by atoms with Crippen LogP contribution in [0.5, 0.6) is 0 Å². The summed E-state index contributed by atoms with van der Waals surface area (Å²) in [6.45, 7) is 1.96. The molecule has 3 aromatic rings. The predicted octanol–water partition coefficient (Wildman–Crippen LogP) is 4.84. The van der Waals surface area contributed by atoms with Crippen LogP contribution >= 0.6 is 12.2 Å². The molecule has 0 saturated heterocycles. The molecular formula is C26H26N4O4S. The van der Waals surface area contributed by atoms with Crippen LogP contribution in [0.2, 0.25) is 0 Å². The lowest BCUT2D eigenvalue weighted by molar-refractivity contribution is -0.144. The van der Waals surface area contributed by atoms with E-state index in [1.165, 1.54) is 0 Å². The van der Waals surface area contributed by atoms with Gasteiger partial charge < -0.3 is 26.0 Å². The second-order valence-corrected chi connectivity index (χ2v) is 7.78. The summed E-state index contributed by atoms with van der Waals surface area (Å²) in [6, 6.07) is 23.9. The van der Waals surface area contributed by atoms with E-state index in [0.29, 0.717) is 16.9 Å². The Morgan fingerprint density at radius 3 is 2.11 bits per heavy atom. The predicted molar refractivity (Wildman–Crippen MR) is 141 cm³/mol. The Balaban J connectivity index is 1.57. The van der Waals surface area contributed by atoms with Crippen molar-refractivity contribution < 1.29 is 19.1 Å². The maximum atomic E-state index is 12.9. The molecule has 0 bridgehead atoms. The topological polar surface area (TPSA) is 109 Å². The van der Waals surface area contributed by atoms with Gasteiger partial charge in [0.2, 0.25) is 5.91 Å². The zero-order valence-corrected chi connectivity index (χ0v) is 20.0. The number of ether oxygens (including phenoxy) is 1. The third-order valence-electron chi connectivity index (χ3n) is 4.74. The number of carbonyl (C=O) groups is 3. The lowest BCUT2D eigenvalue weighted by atomic mass is 10.1. The Morgan fingerprint density at radius 1 is 0.771 bits per heavy atom. The monoisotopic (exact) mass is 490 g/mol. The first-order chi connectivity index (χ1) is 16.9. The van der Waals surface area contributed by atoms with Crippen LogP contribution in [-0.2, 0) is 14.3 Å². The first-order valence-corrected chi connectivity index (χ1v) is 11.4. The van der Waals surface area contributed by atoms with Crippen LogP contribution < -0.4 is 21.3 Å². The summed E-state index contributed by atoms with van der Waals surface area (Å²) >= 11 is 5.19. The third-order valence-corrected chi connectivity index (χ3v) is 4.94. The van der Waals surface area contributed by atoms with Crippen LogP contribution in [0, 0.1) is 0 Å². The fraction of sp³-hybridized carbons (Fsp3) is 0.154. The Hall–Kier alpha value is -4.24. The molecule has 180 valence electrons. The fourth-order valence-corrected chi connectivity index (χ4v) is 3.33. The Labute approximate surface area is 209 Å². The minimum atomic E-state index is -0.451. The summed E-state index contributed by atoms with van der Waals surface area (Å²) in [5.74, 6) is -1.22. The molecule has 35 heavy (non-hydrogen) atoms. The summed E-state index contributed by atoms with van der Waals surface area (Å²) in [5.41, 5.74) is 3.26. The van der Waals surface area contributed by atoms with E-state index in [4.69, 9.17) is 17.0 Å². The maximum Gasteiger partial charge on any atom is 0.306 e. The van der Waals surface area contributed by atoms with E-state index in [0.717, 1.165) is 11.4 Å². The standard InChI is InChI=1S/C26H26N4O4S/c1-2-34-24(32)17-16-23(31)30-26(35)29-22-11-7-6-10-21(22)25(33)28-20-14-12-19(13-15-20)27-18-8-4-3-5-9-18/h3-15,27H,2,16-17H2,1H3,(H,28,33)(H2,29,30,31,35). The highest BCUT2D eigenvalue weighted by atomic mass is 32.1. The quantitative estimate of drug-likeness (QED) is 0.251. The number of para-hydroxylation sites is 2. The van der Waals surface area contributed by atoms with Gasteiger partial charge in [-0.25, -0.2) is 0 Å². The van der Waals surface area contributed by atoms with Gasteiger partial charge >= 0.3 is 5.97 Å². The maximum absolute atomic E-state index is 12.9. The van der Waals surface area contributed by atoms with Crippen molar-refractivity contribution in [2.24, 2.45) is 0 Å². The van der Waals surface area contributed by atoms with Gasteiger partial charge in [0.1, 0.15) is 0 Å². The number of rotatable bonds is 9. The van der Waals surface area contributed by atoms with Crippen molar-refractivity contribution in [3.8, 4) is 0 Å². The molecular weight excluding hydrogens is 464 g/mol. The highest BCUT2D eigenvalue weighted by molar-refractivity contribution is 7.80. The highest BCUT2D eigenvalue weighted by Gasteiger charge is 2.14. The molecule has 4 N–H and O–H groups in total. The normalized spacial score (nSPS) is 10.1. The van der Waals surface area contributed by atoms with Gasteiger partial charge in [0.15, 0.2) is 5.11 Å². The average Bonchev–Trinajstić information content (AvgIpc) is 2.85. The van der Waals surface area contributed by atoms with E-state index in [1.54, 1.807) is 43.3 Å². The summed E-state index contributed by atoms with van der Waals surface area (Å²) in [5, 5.41) is 11.5. The van der Waals surface area contributed by atoms with Gasteiger partial charge in [0, 0.05) is 23.5 Å². The van der Waals surface area contributed by atoms with Gasteiger partial charge in [-0.3, -0.25) is 14.4 Å². The molecule has 0 aromatic heterocycles. The summed E-state index contributed by atoms with van der Waals surface area (Å²) in [7, 11) is 0. The molecule has 0 aliphatic rings. The minimum absolute atomic E-state index is 0.0236. The molecule has 0 aliphatic heterocycles. The van der Waals surface area contributed by atoms with Gasteiger partial charge in [-0.1, -0.05) is 30.3 Å². The molecule has 0 unspecified atom stereocenters. The molecule has 0 fully saturated rings. The molecule has 9 heteroatoms.